The Balaban J connectivity index is 1.80. The van der Waals surface area contributed by atoms with Crippen molar-refractivity contribution in [3.63, 3.8) is 0 Å². The minimum atomic E-state index is -0.835. The van der Waals surface area contributed by atoms with Gasteiger partial charge in [0.1, 0.15) is 6.04 Å². The van der Waals surface area contributed by atoms with E-state index in [1.54, 1.807) is 0 Å². The summed E-state index contributed by atoms with van der Waals surface area (Å²) in [7, 11) is 0. The predicted molar refractivity (Wildman–Crippen MR) is 78.9 cm³/mol. The normalized spacial score (nSPS) is 21.9. The van der Waals surface area contributed by atoms with E-state index < -0.39 is 12.1 Å². The molecule has 1 aliphatic carbocycles. The quantitative estimate of drug-likeness (QED) is 0.445. The number of rotatable bonds is 8. The van der Waals surface area contributed by atoms with E-state index in [2.05, 4.69) is 20.7 Å². The third-order valence-electron chi connectivity index (χ3n) is 3.81. The van der Waals surface area contributed by atoms with Crippen molar-refractivity contribution in [1.82, 2.24) is 16.0 Å². The first-order valence-corrected chi connectivity index (χ1v) is 7.82. The fourth-order valence-electron chi connectivity index (χ4n) is 2.44. The van der Waals surface area contributed by atoms with Gasteiger partial charge in [-0.15, -0.1) is 0 Å². The molecule has 1 saturated carbocycles. The van der Waals surface area contributed by atoms with Crippen LogP contribution < -0.4 is 21.7 Å². The lowest BCUT2D eigenvalue weighted by atomic mass is 10.1. The molecule has 2 atom stereocenters. The van der Waals surface area contributed by atoms with Crippen LogP contribution in [0.1, 0.15) is 38.5 Å². The first kappa shape index (κ1) is 16.5. The number of carbonyl (C=O) groups excluding carboxylic acids is 3. The molecule has 5 N–H and O–H groups in total. The first-order chi connectivity index (χ1) is 10.6. The van der Waals surface area contributed by atoms with Crippen LogP contribution in [0.25, 0.3) is 0 Å². The van der Waals surface area contributed by atoms with Crippen molar-refractivity contribution in [3.8, 4) is 0 Å². The molecule has 124 valence electrons. The molecule has 0 spiro atoms. The highest BCUT2D eigenvalue weighted by atomic mass is 16.5. The number of nitrogens with one attached hydrogen (secondary N) is 3. The zero-order chi connectivity index (χ0) is 15.9. The monoisotopic (exact) mass is 312 g/mol. The van der Waals surface area contributed by atoms with E-state index in [9.17, 15) is 14.4 Å². The minimum Gasteiger partial charge on any atom is -0.450 e. The lowest BCUT2D eigenvalue weighted by Crippen LogP contribution is -2.51. The van der Waals surface area contributed by atoms with Gasteiger partial charge in [0.25, 0.3) is 0 Å². The molecule has 0 aromatic heterocycles. The van der Waals surface area contributed by atoms with Crippen molar-refractivity contribution in [2.24, 2.45) is 5.73 Å². The van der Waals surface area contributed by atoms with Gasteiger partial charge in [-0.25, -0.2) is 4.79 Å². The molecule has 0 bridgehead atoms. The van der Waals surface area contributed by atoms with Gasteiger partial charge in [-0.3, -0.25) is 9.59 Å². The van der Waals surface area contributed by atoms with E-state index in [0.29, 0.717) is 12.8 Å². The largest absolute Gasteiger partial charge is 0.450 e. The number of hydrogen-bond donors (Lipinski definition) is 4. The van der Waals surface area contributed by atoms with E-state index in [1.165, 1.54) is 0 Å². The molecule has 0 radical (unpaired) electrons. The van der Waals surface area contributed by atoms with Gasteiger partial charge in [0, 0.05) is 6.04 Å². The number of hydrogen-bond acceptors (Lipinski definition) is 5. The van der Waals surface area contributed by atoms with Gasteiger partial charge in [-0.1, -0.05) is 0 Å². The zero-order valence-electron chi connectivity index (χ0n) is 12.6. The van der Waals surface area contributed by atoms with Crippen LogP contribution in [0.15, 0.2) is 0 Å². The van der Waals surface area contributed by atoms with Crippen LogP contribution in [0.4, 0.5) is 4.79 Å². The van der Waals surface area contributed by atoms with E-state index in [4.69, 9.17) is 5.73 Å². The van der Waals surface area contributed by atoms with Gasteiger partial charge in [-0.2, -0.15) is 0 Å². The Morgan fingerprint density at radius 2 is 2.05 bits per heavy atom. The van der Waals surface area contributed by atoms with Crippen LogP contribution in [0, 0.1) is 0 Å². The average Bonchev–Trinajstić information content (AvgIpc) is 3.11. The smallest absolute Gasteiger partial charge is 0.404 e. The maximum Gasteiger partial charge on any atom is 0.404 e. The summed E-state index contributed by atoms with van der Waals surface area (Å²) in [6.45, 7) is 0.962. The van der Waals surface area contributed by atoms with Crippen molar-refractivity contribution in [3.05, 3.63) is 0 Å². The fraction of sp³-hybridized carbons (Fsp3) is 0.786. The van der Waals surface area contributed by atoms with Gasteiger partial charge >= 0.3 is 6.09 Å². The summed E-state index contributed by atoms with van der Waals surface area (Å²) in [6.07, 6.45) is 3.76. The highest BCUT2D eigenvalue weighted by Crippen LogP contribution is 2.19. The van der Waals surface area contributed by atoms with E-state index in [0.717, 1.165) is 32.2 Å². The summed E-state index contributed by atoms with van der Waals surface area (Å²) in [5.74, 6) is -0.322. The van der Waals surface area contributed by atoms with E-state index in [-0.39, 0.29) is 30.5 Å². The molecule has 1 saturated heterocycles. The summed E-state index contributed by atoms with van der Waals surface area (Å²) in [6, 6.07) is -0.594. The van der Waals surface area contributed by atoms with Gasteiger partial charge < -0.3 is 26.4 Å². The van der Waals surface area contributed by atoms with Crippen molar-refractivity contribution >= 4 is 17.9 Å². The maximum absolute atomic E-state index is 12.2. The minimum absolute atomic E-state index is 0.139. The Labute approximate surface area is 129 Å². The van der Waals surface area contributed by atoms with Crippen LogP contribution in [-0.4, -0.2) is 49.2 Å². The number of amides is 3. The van der Waals surface area contributed by atoms with E-state index >= 15 is 0 Å². The first-order valence-electron chi connectivity index (χ1n) is 7.82. The van der Waals surface area contributed by atoms with Crippen molar-refractivity contribution in [2.75, 3.05) is 13.2 Å². The van der Waals surface area contributed by atoms with Gasteiger partial charge in [-0.05, 0) is 45.1 Å². The van der Waals surface area contributed by atoms with Crippen LogP contribution in [0.3, 0.4) is 0 Å². The predicted octanol–water partition coefficient (Wildman–Crippen LogP) is -0.623. The molecule has 0 aromatic carbocycles. The number of primary amides is 1. The van der Waals surface area contributed by atoms with Crippen molar-refractivity contribution in [1.29, 1.82) is 0 Å². The highest BCUT2D eigenvalue weighted by Gasteiger charge is 2.30. The molecular formula is C14H24N4O4. The second-order valence-electron chi connectivity index (χ2n) is 5.80. The zero-order valence-corrected chi connectivity index (χ0v) is 12.6. The third kappa shape index (κ3) is 5.51. The molecule has 8 heteroatoms. The highest BCUT2D eigenvalue weighted by molar-refractivity contribution is 5.90. The molecule has 2 unspecified atom stereocenters. The van der Waals surface area contributed by atoms with E-state index in [1.807, 2.05) is 0 Å². The number of carbonyl (C=O) groups is 3. The molecule has 2 rings (SSSR count). The summed E-state index contributed by atoms with van der Waals surface area (Å²) in [5.41, 5.74) is 4.89. The SMILES string of the molecule is NC(=O)OCCCC(NC(=O)C1CCCN1)C(=O)NC1CC1. The summed E-state index contributed by atoms with van der Waals surface area (Å²) < 4.78 is 4.65. The summed E-state index contributed by atoms with van der Waals surface area (Å²) >= 11 is 0. The Hall–Kier alpha value is -1.83. The average molecular weight is 312 g/mol. The Morgan fingerprint density at radius 1 is 1.27 bits per heavy atom. The maximum atomic E-state index is 12.2. The number of nitrogens with two attached hydrogens (primary N) is 1. The third-order valence-corrected chi connectivity index (χ3v) is 3.81. The summed E-state index contributed by atoms with van der Waals surface area (Å²) in [4.78, 5) is 34.9. The van der Waals surface area contributed by atoms with Crippen molar-refractivity contribution < 1.29 is 19.1 Å². The molecule has 0 aromatic rings. The van der Waals surface area contributed by atoms with Crippen LogP contribution in [0.5, 0.6) is 0 Å². The molecular weight excluding hydrogens is 288 g/mol. The Bertz CT molecular complexity index is 419. The summed E-state index contributed by atoms with van der Waals surface area (Å²) in [5, 5.41) is 8.79. The van der Waals surface area contributed by atoms with Crippen LogP contribution in [0.2, 0.25) is 0 Å². The van der Waals surface area contributed by atoms with Crippen LogP contribution in [-0.2, 0) is 14.3 Å². The molecule has 1 heterocycles. The fourth-order valence-corrected chi connectivity index (χ4v) is 2.44. The van der Waals surface area contributed by atoms with Crippen LogP contribution >= 0.6 is 0 Å². The molecule has 22 heavy (non-hydrogen) atoms. The second-order valence-corrected chi connectivity index (χ2v) is 5.80. The Kier molecular flexibility index (Phi) is 6.00. The molecule has 2 aliphatic rings. The molecule has 3 amide bonds. The topological polar surface area (TPSA) is 123 Å². The Morgan fingerprint density at radius 3 is 2.64 bits per heavy atom. The number of ether oxygens (including phenoxy) is 1. The van der Waals surface area contributed by atoms with Gasteiger partial charge in [0.15, 0.2) is 0 Å². The lowest BCUT2D eigenvalue weighted by molar-refractivity contribution is -0.130. The lowest BCUT2D eigenvalue weighted by Gasteiger charge is -2.20. The molecule has 2 fully saturated rings. The standard InChI is InChI=1S/C14H24N4O4/c15-14(21)22-8-2-4-11(13(20)17-9-5-6-9)18-12(19)10-3-1-7-16-10/h9-11,16H,1-8H2,(H2,15,21)(H,17,20)(H,18,19). The van der Waals surface area contributed by atoms with Gasteiger partial charge in [0.2, 0.25) is 11.8 Å². The second kappa shape index (κ2) is 7.98. The molecule has 1 aliphatic heterocycles. The van der Waals surface area contributed by atoms with Gasteiger partial charge in [0.05, 0.1) is 12.6 Å². The van der Waals surface area contributed by atoms with Crippen molar-refractivity contribution in [2.45, 2.75) is 56.7 Å². The molecule has 8 nitrogen and oxygen atoms in total.